The number of nitrogens with one attached hydrogen (secondary N) is 1. The quantitative estimate of drug-likeness (QED) is 0.629. The fourth-order valence-corrected chi connectivity index (χ4v) is 5.18. The molecule has 1 fully saturated rings. The van der Waals surface area contributed by atoms with Crippen molar-refractivity contribution in [3.63, 3.8) is 0 Å². The topological polar surface area (TPSA) is 80.7 Å². The predicted molar refractivity (Wildman–Crippen MR) is 134 cm³/mol. The zero-order valence-electron chi connectivity index (χ0n) is 19.4. The summed E-state index contributed by atoms with van der Waals surface area (Å²) < 4.78 is 0. The Labute approximate surface area is 197 Å². The third-order valence-electron chi connectivity index (χ3n) is 6.14. The van der Waals surface area contributed by atoms with E-state index in [0.717, 1.165) is 41.9 Å². The van der Waals surface area contributed by atoms with Crippen LogP contribution in [0.4, 0.5) is 33.8 Å². The van der Waals surface area contributed by atoms with Crippen molar-refractivity contribution in [1.82, 2.24) is 19.9 Å². The van der Waals surface area contributed by atoms with E-state index in [1.165, 1.54) is 17.0 Å². The maximum absolute atomic E-state index is 13.0. The van der Waals surface area contributed by atoms with Gasteiger partial charge in [-0.15, -0.1) is 11.3 Å². The van der Waals surface area contributed by atoms with Crippen LogP contribution in [0, 0.1) is 6.92 Å². The van der Waals surface area contributed by atoms with Gasteiger partial charge in [-0.3, -0.25) is 4.79 Å². The number of amides is 1. The summed E-state index contributed by atoms with van der Waals surface area (Å²) >= 11 is 1.51. The lowest BCUT2D eigenvalue weighted by atomic mass is 10.2. The first-order valence-electron chi connectivity index (χ1n) is 11.1. The van der Waals surface area contributed by atoms with Gasteiger partial charge in [0.15, 0.2) is 11.5 Å². The Morgan fingerprint density at radius 1 is 1.06 bits per heavy atom. The van der Waals surface area contributed by atoms with Crippen LogP contribution < -0.4 is 20.0 Å². The van der Waals surface area contributed by atoms with Crippen molar-refractivity contribution in [2.24, 2.45) is 0 Å². The molecular formula is C23H28N8OS. The fraction of sp³-hybridized carbons (Fsp3) is 0.391. The fourth-order valence-electron chi connectivity index (χ4n) is 4.21. The number of hydrogen-bond donors (Lipinski definition) is 1. The molecule has 0 aliphatic carbocycles. The van der Waals surface area contributed by atoms with Crippen LogP contribution in [0.2, 0.25) is 0 Å². The Kier molecular flexibility index (Phi) is 5.63. The highest BCUT2D eigenvalue weighted by Crippen LogP contribution is 2.41. The molecule has 2 aromatic heterocycles. The van der Waals surface area contributed by atoms with E-state index >= 15 is 0 Å². The molecule has 3 aromatic rings. The highest BCUT2D eigenvalue weighted by atomic mass is 32.1. The van der Waals surface area contributed by atoms with E-state index in [9.17, 15) is 4.79 Å². The Morgan fingerprint density at radius 2 is 1.79 bits per heavy atom. The average Bonchev–Trinajstić information content (AvgIpc) is 3.18. The molecule has 10 heteroatoms. The summed E-state index contributed by atoms with van der Waals surface area (Å²) in [4.78, 5) is 35.2. The summed E-state index contributed by atoms with van der Waals surface area (Å²) in [6.07, 6.45) is 1.70. The minimum Gasteiger partial charge on any atom is -0.369 e. The summed E-state index contributed by atoms with van der Waals surface area (Å²) in [5.74, 6) is 1.04. The van der Waals surface area contributed by atoms with Gasteiger partial charge < -0.3 is 24.9 Å². The summed E-state index contributed by atoms with van der Waals surface area (Å²) in [5.41, 5.74) is 3.28. The third-order valence-corrected chi connectivity index (χ3v) is 7.14. The summed E-state index contributed by atoms with van der Waals surface area (Å²) in [6.45, 7) is 8.86. The van der Waals surface area contributed by atoms with E-state index in [1.54, 1.807) is 18.1 Å². The number of aryl methyl sites for hydroxylation is 1. The number of piperazine rings is 1. The van der Waals surface area contributed by atoms with Gasteiger partial charge in [-0.05, 0) is 45.2 Å². The van der Waals surface area contributed by atoms with Crippen molar-refractivity contribution < 1.29 is 4.79 Å². The van der Waals surface area contributed by atoms with E-state index in [0.29, 0.717) is 29.7 Å². The normalized spacial score (nSPS) is 16.5. The first-order valence-corrected chi connectivity index (χ1v) is 12.0. The van der Waals surface area contributed by atoms with Gasteiger partial charge in [-0.1, -0.05) is 0 Å². The SMILES string of the molecule is CCN1c2nc(Nc3ccc(N4CCN(C)CC4)cc3)ncc2N(C)C(=O)c2nc(C)sc21. The molecule has 4 heterocycles. The van der Waals surface area contributed by atoms with Crippen LogP contribution in [-0.2, 0) is 0 Å². The van der Waals surface area contributed by atoms with Crippen LogP contribution in [0.15, 0.2) is 30.5 Å². The van der Waals surface area contributed by atoms with Gasteiger partial charge >= 0.3 is 0 Å². The monoisotopic (exact) mass is 464 g/mol. The highest BCUT2D eigenvalue weighted by molar-refractivity contribution is 7.16. The number of benzene rings is 1. The van der Waals surface area contributed by atoms with Gasteiger partial charge in [0.2, 0.25) is 5.95 Å². The molecule has 2 aliphatic heterocycles. The minimum absolute atomic E-state index is 0.143. The number of fused-ring (bicyclic) bond motifs is 2. The number of aromatic nitrogens is 3. The lowest BCUT2D eigenvalue weighted by molar-refractivity contribution is 0.0990. The molecule has 5 rings (SSSR count). The van der Waals surface area contributed by atoms with Crippen molar-refractivity contribution in [3.05, 3.63) is 41.2 Å². The summed E-state index contributed by atoms with van der Waals surface area (Å²) in [6, 6.07) is 8.38. The Hall–Kier alpha value is -3.24. The van der Waals surface area contributed by atoms with Gasteiger partial charge in [-0.25, -0.2) is 9.97 Å². The van der Waals surface area contributed by atoms with Crippen LogP contribution in [0.25, 0.3) is 0 Å². The van der Waals surface area contributed by atoms with Gasteiger partial charge in [0.05, 0.1) is 11.2 Å². The number of carbonyl (C=O) groups excluding carboxylic acids is 1. The van der Waals surface area contributed by atoms with Gasteiger partial charge in [0.25, 0.3) is 5.91 Å². The molecule has 33 heavy (non-hydrogen) atoms. The van der Waals surface area contributed by atoms with Crippen molar-refractivity contribution in [2.75, 3.05) is 66.8 Å². The number of nitrogens with zero attached hydrogens (tertiary/aromatic N) is 7. The Morgan fingerprint density at radius 3 is 2.48 bits per heavy atom. The molecule has 1 N–H and O–H groups in total. The van der Waals surface area contributed by atoms with E-state index in [-0.39, 0.29) is 5.91 Å². The van der Waals surface area contributed by atoms with Crippen molar-refractivity contribution in [3.8, 4) is 0 Å². The first-order chi connectivity index (χ1) is 15.9. The Balaban J connectivity index is 1.42. The second-order valence-electron chi connectivity index (χ2n) is 8.36. The maximum atomic E-state index is 13.0. The number of thiazole rings is 1. The second-order valence-corrected chi connectivity index (χ2v) is 9.54. The zero-order valence-corrected chi connectivity index (χ0v) is 20.2. The molecule has 0 spiro atoms. The molecule has 2 aliphatic rings. The largest absolute Gasteiger partial charge is 0.369 e. The smallest absolute Gasteiger partial charge is 0.279 e. The second kappa shape index (κ2) is 8.60. The van der Waals surface area contributed by atoms with Crippen LogP contribution in [-0.4, -0.2) is 72.6 Å². The minimum atomic E-state index is -0.143. The molecular weight excluding hydrogens is 436 g/mol. The molecule has 0 saturated carbocycles. The lowest BCUT2D eigenvalue weighted by Gasteiger charge is -2.34. The number of anilines is 6. The molecule has 0 unspecified atom stereocenters. The molecule has 1 saturated heterocycles. The molecule has 0 bridgehead atoms. The number of rotatable bonds is 4. The van der Waals surface area contributed by atoms with Crippen LogP contribution in [0.3, 0.4) is 0 Å². The molecule has 172 valence electrons. The number of likely N-dealkylation sites (N-methyl/N-ethyl adjacent to an activating group) is 1. The van der Waals surface area contributed by atoms with Gasteiger partial charge in [-0.2, -0.15) is 4.98 Å². The average molecular weight is 465 g/mol. The molecule has 1 aromatic carbocycles. The lowest BCUT2D eigenvalue weighted by Crippen LogP contribution is -2.44. The van der Waals surface area contributed by atoms with E-state index < -0.39 is 0 Å². The summed E-state index contributed by atoms with van der Waals surface area (Å²) in [5, 5.41) is 5.00. The molecule has 0 atom stereocenters. The zero-order chi connectivity index (χ0) is 23.1. The van der Waals surface area contributed by atoms with Crippen LogP contribution in [0.5, 0.6) is 0 Å². The predicted octanol–water partition coefficient (Wildman–Crippen LogP) is 3.48. The highest BCUT2D eigenvalue weighted by Gasteiger charge is 2.33. The van der Waals surface area contributed by atoms with Gasteiger partial charge in [0.1, 0.15) is 10.7 Å². The van der Waals surface area contributed by atoms with Crippen LogP contribution >= 0.6 is 11.3 Å². The third kappa shape index (κ3) is 4.00. The van der Waals surface area contributed by atoms with Crippen molar-refractivity contribution in [2.45, 2.75) is 13.8 Å². The van der Waals surface area contributed by atoms with E-state index in [2.05, 4.69) is 56.4 Å². The van der Waals surface area contributed by atoms with Crippen molar-refractivity contribution >= 4 is 51.1 Å². The number of carbonyl (C=O) groups is 1. The van der Waals surface area contributed by atoms with Crippen LogP contribution in [0.1, 0.15) is 22.4 Å². The first kappa shape index (κ1) is 21.6. The maximum Gasteiger partial charge on any atom is 0.279 e. The standard InChI is InChI=1S/C23H28N8OS/c1-5-31-20-18(29(4)21(32)19-22(31)33-15(2)25-19)14-24-23(27-20)26-16-6-8-17(9-7-16)30-12-10-28(3)11-13-30/h6-9,14H,5,10-13H2,1-4H3,(H,24,26,27). The van der Waals surface area contributed by atoms with Crippen molar-refractivity contribution in [1.29, 1.82) is 0 Å². The summed E-state index contributed by atoms with van der Waals surface area (Å²) in [7, 11) is 3.90. The molecule has 0 radical (unpaired) electrons. The number of hydrogen-bond acceptors (Lipinski definition) is 9. The molecule has 1 amide bonds. The van der Waals surface area contributed by atoms with Gasteiger partial charge in [0, 0.05) is 51.1 Å². The molecule has 9 nitrogen and oxygen atoms in total. The van der Waals surface area contributed by atoms with E-state index in [1.807, 2.05) is 18.7 Å². The van der Waals surface area contributed by atoms with E-state index in [4.69, 9.17) is 4.98 Å². The Bertz CT molecular complexity index is 1170.